The fourth-order valence-corrected chi connectivity index (χ4v) is 3.19. The van der Waals surface area contributed by atoms with Crippen LogP contribution in [0.25, 0.3) is 0 Å². The Morgan fingerprint density at radius 1 is 1.06 bits per heavy atom. The second kappa shape index (κ2) is 3.67. The molecule has 0 saturated carbocycles. The summed E-state index contributed by atoms with van der Waals surface area (Å²) in [5, 5.41) is 0. The molecule has 3 rings (SSSR count). The highest BCUT2D eigenvalue weighted by molar-refractivity contribution is 5.55. The van der Waals surface area contributed by atoms with Crippen LogP contribution < -0.4 is 10.6 Å². The van der Waals surface area contributed by atoms with E-state index in [1.807, 2.05) is 12.1 Å². The third-order valence-electron chi connectivity index (χ3n) is 4.08. The Morgan fingerprint density at radius 2 is 1.75 bits per heavy atom. The molecule has 2 aliphatic heterocycles. The zero-order valence-corrected chi connectivity index (χ0v) is 9.76. The quantitative estimate of drug-likeness (QED) is 0.724. The van der Waals surface area contributed by atoms with Crippen molar-refractivity contribution in [1.29, 1.82) is 0 Å². The van der Waals surface area contributed by atoms with E-state index < -0.39 is 0 Å². The minimum absolute atomic E-state index is 0.716. The lowest BCUT2D eigenvalue weighted by molar-refractivity contribution is 0.312. The standard InChI is InChI=1S/C13H19N3/c1-15-8-6-13-12(15)7-9-16(13)11-4-2-10(14)3-5-11/h2-5,12-13H,6-9,14H2,1H3. The predicted octanol–water partition coefficient (Wildman–Crippen LogP) is 1.55. The van der Waals surface area contributed by atoms with Crippen LogP contribution in [0.5, 0.6) is 0 Å². The summed E-state index contributed by atoms with van der Waals surface area (Å²) >= 11 is 0. The van der Waals surface area contributed by atoms with Gasteiger partial charge in [0.1, 0.15) is 0 Å². The fraction of sp³-hybridized carbons (Fsp3) is 0.538. The molecule has 86 valence electrons. The van der Waals surface area contributed by atoms with Crippen LogP contribution >= 0.6 is 0 Å². The zero-order valence-electron chi connectivity index (χ0n) is 9.76. The maximum atomic E-state index is 5.73. The summed E-state index contributed by atoms with van der Waals surface area (Å²) < 4.78 is 0. The van der Waals surface area contributed by atoms with E-state index in [-0.39, 0.29) is 0 Å². The lowest BCUT2D eigenvalue weighted by atomic mass is 10.1. The fourth-order valence-electron chi connectivity index (χ4n) is 3.19. The van der Waals surface area contributed by atoms with Crippen molar-refractivity contribution in [3.8, 4) is 0 Å². The molecule has 2 unspecified atom stereocenters. The molecule has 0 bridgehead atoms. The molecule has 0 amide bonds. The van der Waals surface area contributed by atoms with Crippen molar-refractivity contribution in [3.05, 3.63) is 24.3 Å². The molecular formula is C13H19N3. The Bertz CT molecular complexity index is 373. The van der Waals surface area contributed by atoms with Crippen LogP contribution in [0.3, 0.4) is 0 Å². The summed E-state index contributed by atoms with van der Waals surface area (Å²) in [7, 11) is 2.25. The third-order valence-corrected chi connectivity index (χ3v) is 4.08. The van der Waals surface area contributed by atoms with Gasteiger partial charge in [0.2, 0.25) is 0 Å². The van der Waals surface area contributed by atoms with Crippen molar-refractivity contribution in [1.82, 2.24) is 4.90 Å². The summed E-state index contributed by atoms with van der Waals surface area (Å²) in [6.07, 6.45) is 2.59. The highest BCUT2D eigenvalue weighted by Crippen LogP contribution is 2.34. The Morgan fingerprint density at radius 3 is 2.50 bits per heavy atom. The van der Waals surface area contributed by atoms with Gasteiger partial charge in [0, 0.05) is 36.5 Å². The first-order valence-corrected chi connectivity index (χ1v) is 6.08. The van der Waals surface area contributed by atoms with Gasteiger partial charge in [-0.15, -0.1) is 0 Å². The van der Waals surface area contributed by atoms with E-state index in [4.69, 9.17) is 5.73 Å². The molecule has 2 N–H and O–H groups in total. The number of nitrogens with two attached hydrogens (primary N) is 1. The van der Waals surface area contributed by atoms with Crippen molar-refractivity contribution in [2.75, 3.05) is 30.8 Å². The zero-order chi connectivity index (χ0) is 11.1. The molecule has 2 saturated heterocycles. The van der Waals surface area contributed by atoms with Gasteiger partial charge in [0.15, 0.2) is 0 Å². The number of hydrogen-bond acceptors (Lipinski definition) is 3. The Labute approximate surface area is 96.8 Å². The molecule has 0 aromatic heterocycles. The van der Waals surface area contributed by atoms with Gasteiger partial charge < -0.3 is 15.5 Å². The molecule has 1 aromatic rings. The van der Waals surface area contributed by atoms with E-state index in [2.05, 4.69) is 29.0 Å². The highest BCUT2D eigenvalue weighted by atomic mass is 15.3. The van der Waals surface area contributed by atoms with E-state index in [1.54, 1.807) is 0 Å². The molecule has 2 atom stereocenters. The molecule has 16 heavy (non-hydrogen) atoms. The summed E-state index contributed by atoms with van der Waals surface area (Å²) in [6, 6.07) is 9.78. The number of fused-ring (bicyclic) bond motifs is 1. The van der Waals surface area contributed by atoms with Gasteiger partial charge >= 0.3 is 0 Å². The van der Waals surface area contributed by atoms with Crippen molar-refractivity contribution < 1.29 is 0 Å². The highest BCUT2D eigenvalue weighted by Gasteiger charge is 2.40. The van der Waals surface area contributed by atoms with Crippen LogP contribution in [0, 0.1) is 0 Å². The van der Waals surface area contributed by atoms with E-state index in [1.165, 1.54) is 31.6 Å². The first kappa shape index (κ1) is 9.97. The maximum Gasteiger partial charge on any atom is 0.0458 e. The third kappa shape index (κ3) is 1.47. The van der Waals surface area contributed by atoms with Gasteiger partial charge in [-0.05, 0) is 44.2 Å². The number of likely N-dealkylation sites (tertiary alicyclic amines) is 1. The second-order valence-corrected chi connectivity index (χ2v) is 4.98. The number of hydrogen-bond donors (Lipinski definition) is 1. The van der Waals surface area contributed by atoms with Gasteiger partial charge in [-0.3, -0.25) is 0 Å². The molecular weight excluding hydrogens is 198 g/mol. The van der Waals surface area contributed by atoms with Gasteiger partial charge in [-0.2, -0.15) is 0 Å². The number of nitrogen functional groups attached to an aromatic ring is 1. The van der Waals surface area contributed by atoms with Crippen LogP contribution in [0.15, 0.2) is 24.3 Å². The maximum absolute atomic E-state index is 5.73. The van der Waals surface area contributed by atoms with Crippen LogP contribution in [-0.2, 0) is 0 Å². The summed E-state index contributed by atoms with van der Waals surface area (Å²) in [5.41, 5.74) is 7.91. The average molecular weight is 217 g/mol. The molecule has 1 aromatic carbocycles. The van der Waals surface area contributed by atoms with E-state index in [9.17, 15) is 0 Å². The molecule has 2 heterocycles. The monoisotopic (exact) mass is 217 g/mol. The SMILES string of the molecule is CN1CCC2C1CCN2c1ccc(N)cc1. The van der Waals surface area contributed by atoms with E-state index in [0.717, 1.165) is 11.7 Å². The van der Waals surface area contributed by atoms with Gasteiger partial charge in [0.05, 0.1) is 0 Å². The molecule has 3 nitrogen and oxygen atoms in total. The Hall–Kier alpha value is -1.22. The lowest BCUT2D eigenvalue weighted by Gasteiger charge is -2.26. The second-order valence-electron chi connectivity index (χ2n) is 4.98. The van der Waals surface area contributed by atoms with Crippen LogP contribution in [-0.4, -0.2) is 37.1 Å². The van der Waals surface area contributed by atoms with Crippen LogP contribution in [0.4, 0.5) is 11.4 Å². The van der Waals surface area contributed by atoms with Crippen molar-refractivity contribution >= 4 is 11.4 Å². The van der Waals surface area contributed by atoms with E-state index in [0.29, 0.717) is 6.04 Å². The van der Waals surface area contributed by atoms with Gasteiger partial charge in [0.25, 0.3) is 0 Å². The molecule has 0 spiro atoms. The topological polar surface area (TPSA) is 32.5 Å². The Kier molecular flexibility index (Phi) is 2.28. The van der Waals surface area contributed by atoms with Gasteiger partial charge in [-0.1, -0.05) is 0 Å². The summed E-state index contributed by atoms with van der Waals surface area (Å²) in [4.78, 5) is 5.05. The number of benzene rings is 1. The Balaban J connectivity index is 1.84. The first-order valence-electron chi connectivity index (χ1n) is 6.08. The molecule has 3 heteroatoms. The van der Waals surface area contributed by atoms with Crippen LogP contribution in [0.2, 0.25) is 0 Å². The first-order chi connectivity index (χ1) is 7.75. The number of likely N-dealkylation sites (N-methyl/N-ethyl adjacent to an activating group) is 1. The predicted molar refractivity (Wildman–Crippen MR) is 67.6 cm³/mol. The lowest BCUT2D eigenvalue weighted by Crippen LogP contribution is -2.34. The minimum atomic E-state index is 0.716. The number of nitrogens with zero attached hydrogens (tertiary/aromatic N) is 2. The molecule has 0 radical (unpaired) electrons. The van der Waals surface area contributed by atoms with E-state index >= 15 is 0 Å². The number of anilines is 2. The molecule has 2 aliphatic rings. The summed E-state index contributed by atoms with van der Waals surface area (Å²) in [6.45, 7) is 2.42. The van der Waals surface area contributed by atoms with Gasteiger partial charge in [-0.25, -0.2) is 0 Å². The number of rotatable bonds is 1. The van der Waals surface area contributed by atoms with Crippen molar-refractivity contribution in [2.45, 2.75) is 24.9 Å². The largest absolute Gasteiger partial charge is 0.399 e. The smallest absolute Gasteiger partial charge is 0.0458 e. The van der Waals surface area contributed by atoms with Crippen molar-refractivity contribution in [2.24, 2.45) is 0 Å². The van der Waals surface area contributed by atoms with Crippen LogP contribution in [0.1, 0.15) is 12.8 Å². The molecule has 0 aliphatic carbocycles. The molecule has 2 fully saturated rings. The van der Waals surface area contributed by atoms with Crippen molar-refractivity contribution in [3.63, 3.8) is 0 Å². The normalized spacial score (nSPS) is 29.7. The minimum Gasteiger partial charge on any atom is -0.399 e. The average Bonchev–Trinajstić information content (AvgIpc) is 2.84. The summed E-state index contributed by atoms with van der Waals surface area (Å²) in [5.74, 6) is 0.